The average Bonchev–Trinajstić information content (AvgIpc) is 2.76. The molecule has 2 heterocycles. The summed E-state index contributed by atoms with van der Waals surface area (Å²) in [6.07, 6.45) is 0.272. The highest BCUT2D eigenvalue weighted by Gasteiger charge is 2.30. The fourth-order valence-electron chi connectivity index (χ4n) is 2.08. The third-order valence-corrected chi connectivity index (χ3v) is 2.93. The molecule has 1 aromatic heterocycles. The normalized spacial score (nSPS) is 25.9. The van der Waals surface area contributed by atoms with Gasteiger partial charge in [-0.1, -0.05) is 13.8 Å². The van der Waals surface area contributed by atoms with Crippen LogP contribution in [-0.4, -0.2) is 55.2 Å². The number of rotatable bonds is 4. The molecule has 1 aromatic rings. The summed E-state index contributed by atoms with van der Waals surface area (Å²) >= 11 is 0. The molecular weight excluding hydrogens is 220 g/mol. The van der Waals surface area contributed by atoms with Gasteiger partial charge in [0.1, 0.15) is 12.2 Å². The second-order valence-corrected chi connectivity index (χ2v) is 5.08. The largest absolute Gasteiger partial charge is 0.389 e. The lowest BCUT2D eigenvalue weighted by Gasteiger charge is -2.15. The average molecular weight is 240 g/mol. The molecule has 1 aliphatic heterocycles. The Morgan fingerprint density at radius 3 is 2.59 bits per heavy atom. The maximum atomic E-state index is 9.48. The summed E-state index contributed by atoms with van der Waals surface area (Å²) in [5.41, 5.74) is 0. The topological polar surface area (TPSA) is 74.4 Å². The molecule has 0 aromatic carbocycles. The van der Waals surface area contributed by atoms with Gasteiger partial charge in [0.25, 0.3) is 0 Å². The molecule has 6 nitrogen and oxygen atoms in total. The number of aliphatic hydroxyl groups is 2. The highest BCUT2D eigenvalue weighted by atomic mass is 16.3. The van der Waals surface area contributed by atoms with Gasteiger partial charge in [-0.3, -0.25) is 4.90 Å². The zero-order valence-corrected chi connectivity index (χ0v) is 10.3. The van der Waals surface area contributed by atoms with Crippen LogP contribution in [0.25, 0.3) is 0 Å². The second-order valence-electron chi connectivity index (χ2n) is 5.08. The molecule has 1 fully saturated rings. The van der Waals surface area contributed by atoms with Gasteiger partial charge in [-0.2, -0.15) is 5.10 Å². The van der Waals surface area contributed by atoms with E-state index in [4.69, 9.17) is 0 Å². The molecule has 2 atom stereocenters. The van der Waals surface area contributed by atoms with Crippen LogP contribution in [0, 0.1) is 5.92 Å². The van der Waals surface area contributed by atoms with Crippen LogP contribution in [0.3, 0.4) is 0 Å². The van der Waals surface area contributed by atoms with E-state index in [-0.39, 0.29) is 0 Å². The summed E-state index contributed by atoms with van der Waals surface area (Å²) in [6, 6.07) is 0. The molecular formula is C11H20N4O2. The van der Waals surface area contributed by atoms with Crippen molar-refractivity contribution in [1.29, 1.82) is 0 Å². The number of β-amino-alcohol motifs (C(OH)–C–C–N with tert-alkyl or cyclic N) is 2. The van der Waals surface area contributed by atoms with Crippen LogP contribution in [0.4, 0.5) is 0 Å². The summed E-state index contributed by atoms with van der Waals surface area (Å²) in [5, 5.41) is 23.1. The Kier molecular flexibility index (Phi) is 3.76. The van der Waals surface area contributed by atoms with Gasteiger partial charge >= 0.3 is 0 Å². The number of hydrogen-bond donors (Lipinski definition) is 2. The molecule has 2 rings (SSSR count). The van der Waals surface area contributed by atoms with Gasteiger partial charge in [0.2, 0.25) is 0 Å². The standard InChI is InChI=1S/C11H20N4O2/c1-8(2)3-15-11(12-7-13-15)6-14-4-9(16)10(17)5-14/h7-10,16-17H,3-6H2,1-2H3. The molecule has 2 N–H and O–H groups in total. The maximum Gasteiger partial charge on any atom is 0.141 e. The molecule has 0 radical (unpaired) electrons. The van der Waals surface area contributed by atoms with Crippen molar-refractivity contribution in [2.75, 3.05) is 13.1 Å². The molecule has 0 bridgehead atoms. The van der Waals surface area contributed by atoms with E-state index in [1.165, 1.54) is 0 Å². The van der Waals surface area contributed by atoms with Gasteiger partial charge < -0.3 is 10.2 Å². The first-order chi connectivity index (χ1) is 8.06. The molecule has 2 unspecified atom stereocenters. The van der Waals surface area contributed by atoms with Gasteiger partial charge in [0, 0.05) is 19.6 Å². The SMILES string of the molecule is CC(C)Cn1ncnc1CN1CC(O)C(O)C1. The Morgan fingerprint density at radius 2 is 2.00 bits per heavy atom. The van der Waals surface area contributed by atoms with Gasteiger partial charge in [0.05, 0.1) is 18.8 Å². The van der Waals surface area contributed by atoms with Crippen LogP contribution >= 0.6 is 0 Å². The lowest BCUT2D eigenvalue weighted by atomic mass is 10.2. The molecule has 17 heavy (non-hydrogen) atoms. The van der Waals surface area contributed by atoms with E-state index in [0.29, 0.717) is 25.6 Å². The third kappa shape index (κ3) is 3.02. The smallest absolute Gasteiger partial charge is 0.141 e. The zero-order valence-electron chi connectivity index (χ0n) is 10.3. The summed E-state index contributed by atoms with van der Waals surface area (Å²) in [5.74, 6) is 1.41. The van der Waals surface area contributed by atoms with Crippen LogP contribution in [0.15, 0.2) is 6.33 Å². The van der Waals surface area contributed by atoms with Crippen LogP contribution in [0.1, 0.15) is 19.7 Å². The fraction of sp³-hybridized carbons (Fsp3) is 0.818. The minimum absolute atomic E-state index is 0.496. The zero-order chi connectivity index (χ0) is 12.4. The summed E-state index contributed by atoms with van der Waals surface area (Å²) in [4.78, 5) is 6.23. The predicted molar refractivity (Wildman–Crippen MR) is 62.2 cm³/mol. The van der Waals surface area contributed by atoms with Gasteiger partial charge in [0.15, 0.2) is 0 Å². The van der Waals surface area contributed by atoms with E-state index >= 15 is 0 Å². The van der Waals surface area contributed by atoms with Crippen molar-refractivity contribution in [2.24, 2.45) is 5.92 Å². The van der Waals surface area contributed by atoms with E-state index in [0.717, 1.165) is 12.4 Å². The molecule has 1 aliphatic rings. The highest BCUT2D eigenvalue weighted by molar-refractivity contribution is 4.90. The van der Waals surface area contributed by atoms with Gasteiger partial charge in [-0.25, -0.2) is 9.67 Å². The van der Waals surface area contributed by atoms with Crippen molar-refractivity contribution >= 4 is 0 Å². The molecule has 0 saturated carbocycles. The summed E-state index contributed by atoms with van der Waals surface area (Å²) < 4.78 is 1.89. The van der Waals surface area contributed by atoms with Crippen molar-refractivity contribution < 1.29 is 10.2 Å². The highest BCUT2D eigenvalue weighted by Crippen LogP contribution is 2.13. The number of hydrogen-bond acceptors (Lipinski definition) is 5. The van der Waals surface area contributed by atoms with Gasteiger partial charge in [-0.05, 0) is 5.92 Å². The Balaban J connectivity index is 1.97. The van der Waals surface area contributed by atoms with Crippen molar-refractivity contribution in [2.45, 2.75) is 39.1 Å². The van der Waals surface area contributed by atoms with Crippen LogP contribution in [0.2, 0.25) is 0 Å². The molecule has 96 valence electrons. The minimum atomic E-state index is -0.642. The van der Waals surface area contributed by atoms with Crippen molar-refractivity contribution in [3.63, 3.8) is 0 Å². The van der Waals surface area contributed by atoms with E-state index in [9.17, 15) is 10.2 Å². The second kappa shape index (κ2) is 5.12. The number of nitrogens with zero attached hydrogens (tertiary/aromatic N) is 4. The van der Waals surface area contributed by atoms with E-state index in [1.54, 1.807) is 6.33 Å². The molecule has 0 amide bonds. The first kappa shape index (κ1) is 12.5. The number of likely N-dealkylation sites (tertiary alicyclic amines) is 1. The summed E-state index contributed by atoms with van der Waals surface area (Å²) in [6.45, 7) is 6.73. The van der Waals surface area contributed by atoms with Crippen LogP contribution in [0.5, 0.6) is 0 Å². The van der Waals surface area contributed by atoms with E-state index in [2.05, 4.69) is 23.9 Å². The minimum Gasteiger partial charge on any atom is -0.389 e. The lowest BCUT2D eigenvalue weighted by Crippen LogP contribution is -2.24. The Morgan fingerprint density at radius 1 is 1.35 bits per heavy atom. The lowest BCUT2D eigenvalue weighted by molar-refractivity contribution is 0.0572. The third-order valence-electron chi connectivity index (χ3n) is 2.93. The predicted octanol–water partition coefficient (Wildman–Crippen LogP) is -0.529. The van der Waals surface area contributed by atoms with E-state index < -0.39 is 12.2 Å². The summed E-state index contributed by atoms with van der Waals surface area (Å²) in [7, 11) is 0. The van der Waals surface area contributed by atoms with Gasteiger partial charge in [-0.15, -0.1) is 0 Å². The Bertz CT molecular complexity index is 356. The van der Waals surface area contributed by atoms with E-state index in [1.807, 2.05) is 9.58 Å². The fourth-order valence-corrected chi connectivity index (χ4v) is 2.08. The number of aliphatic hydroxyl groups excluding tert-OH is 2. The molecule has 6 heteroatoms. The first-order valence-corrected chi connectivity index (χ1v) is 6.01. The van der Waals surface area contributed by atoms with Crippen LogP contribution in [-0.2, 0) is 13.1 Å². The molecule has 0 aliphatic carbocycles. The van der Waals surface area contributed by atoms with Crippen molar-refractivity contribution in [1.82, 2.24) is 19.7 Å². The number of aromatic nitrogens is 3. The monoisotopic (exact) mass is 240 g/mol. The van der Waals surface area contributed by atoms with Crippen LogP contribution < -0.4 is 0 Å². The van der Waals surface area contributed by atoms with Crippen molar-refractivity contribution in [3.8, 4) is 0 Å². The Hall–Kier alpha value is -0.980. The van der Waals surface area contributed by atoms with Crippen molar-refractivity contribution in [3.05, 3.63) is 12.2 Å². The molecule has 0 spiro atoms. The maximum absolute atomic E-state index is 9.48. The molecule has 1 saturated heterocycles. The quantitative estimate of drug-likeness (QED) is 0.740. The Labute approximate surface area is 101 Å². The first-order valence-electron chi connectivity index (χ1n) is 6.01.